The fraction of sp³-hybridized carbons (Fsp3) is 0.333. The van der Waals surface area contributed by atoms with Crippen LogP contribution in [0.4, 0.5) is 0 Å². The summed E-state index contributed by atoms with van der Waals surface area (Å²) in [4.78, 5) is 14.9. The second kappa shape index (κ2) is 7.80. The number of benzene rings is 1. The molecule has 1 unspecified atom stereocenters. The minimum Gasteiger partial charge on any atom is -0.465 e. The molecule has 0 saturated carbocycles. The van der Waals surface area contributed by atoms with E-state index in [1.807, 2.05) is 49.4 Å². The molecule has 1 fully saturated rings. The first-order valence-corrected chi connectivity index (χ1v) is 9.31. The van der Waals surface area contributed by atoms with E-state index in [1.54, 1.807) is 6.07 Å². The van der Waals surface area contributed by atoms with Gasteiger partial charge in [0.05, 0.1) is 6.04 Å². The number of likely N-dealkylation sites (tertiary alicyclic amines) is 1. The Morgan fingerprint density at radius 3 is 2.67 bits per heavy atom. The molecule has 0 spiro atoms. The number of nitrogens with zero attached hydrogens (tertiary/aromatic N) is 2. The highest BCUT2D eigenvalue weighted by Gasteiger charge is 2.27. The number of nitrogens with one attached hydrogen (secondary N) is 1. The van der Waals surface area contributed by atoms with E-state index in [9.17, 15) is 4.79 Å². The molecule has 6 nitrogen and oxygen atoms in total. The second-order valence-corrected chi connectivity index (χ2v) is 6.86. The molecule has 1 saturated heterocycles. The van der Waals surface area contributed by atoms with Crippen molar-refractivity contribution < 1.29 is 13.7 Å². The molecule has 1 N–H and O–H groups in total. The summed E-state index contributed by atoms with van der Waals surface area (Å²) < 4.78 is 11.1. The summed E-state index contributed by atoms with van der Waals surface area (Å²) in [5, 5.41) is 6.98. The van der Waals surface area contributed by atoms with E-state index in [1.165, 1.54) is 12.8 Å². The molecular formula is C21H23N3O3. The molecule has 4 rings (SSSR count). The van der Waals surface area contributed by atoms with Crippen molar-refractivity contribution in [3.8, 4) is 11.3 Å². The highest BCUT2D eigenvalue weighted by Crippen LogP contribution is 2.26. The number of carbonyl (C=O) groups is 1. The topological polar surface area (TPSA) is 71.5 Å². The number of furan rings is 1. The zero-order valence-corrected chi connectivity index (χ0v) is 15.4. The van der Waals surface area contributed by atoms with Gasteiger partial charge in [0.1, 0.15) is 17.2 Å². The van der Waals surface area contributed by atoms with Crippen LogP contribution >= 0.6 is 0 Å². The first kappa shape index (κ1) is 17.5. The Morgan fingerprint density at radius 2 is 1.96 bits per heavy atom. The monoisotopic (exact) mass is 365 g/mol. The molecule has 0 radical (unpaired) electrons. The smallest absolute Gasteiger partial charge is 0.289 e. The van der Waals surface area contributed by atoms with Gasteiger partial charge in [-0.1, -0.05) is 35.5 Å². The summed E-state index contributed by atoms with van der Waals surface area (Å²) in [5.74, 6) is 1.71. The second-order valence-electron chi connectivity index (χ2n) is 6.86. The van der Waals surface area contributed by atoms with Gasteiger partial charge in [-0.2, -0.15) is 0 Å². The van der Waals surface area contributed by atoms with Crippen LogP contribution in [-0.2, 0) is 0 Å². The predicted octanol–water partition coefficient (Wildman–Crippen LogP) is 3.81. The van der Waals surface area contributed by atoms with Crippen molar-refractivity contribution in [3.63, 3.8) is 0 Å². The van der Waals surface area contributed by atoms with Gasteiger partial charge in [0, 0.05) is 18.2 Å². The fourth-order valence-electron chi connectivity index (χ4n) is 3.50. The summed E-state index contributed by atoms with van der Waals surface area (Å²) >= 11 is 0. The Kier molecular flexibility index (Phi) is 5.07. The number of amides is 1. The third kappa shape index (κ3) is 3.95. The lowest BCUT2D eigenvalue weighted by Gasteiger charge is -2.25. The standard InChI is InChI=1S/C21H23N3O3/c1-15-9-10-19(26-15)18(24-11-5-6-12-24)14-22-21(25)20-13-17(23-27-20)16-7-3-2-4-8-16/h2-4,7-10,13,18H,5-6,11-12,14H2,1H3,(H,22,25). The van der Waals surface area contributed by atoms with Crippen LogP contribution < -0.4 is 5.32 Å². The van der Waals surface area contributed by atoms with Gasteiger partial charge in [-0.05, 0) is 45.0 Å². The van der Waals surface area contributed by atoms with Gasteiger partial charge in [0.25, 0.3) is 5.91 Å². The Balaban J connectivity index is 1.44. The Bertz CT molecular complexity index is 894. The molecule has 0 aliphatic carbocycles. The van der Waals surface area contributed by atoms with E-state index in [-0.39, 0.29) is 17.7 Å². The van der Waals surface area contributed by atoms with Crippen LogP contribution in [0.2, 0.25) is 0 Å². The average molecular weight is 365 g/mol. The molecule has 1 atom stereocenters. The molecule has 1 aliphatic heterocycles. The van der Waals surface area contributed by atoms with E-state index in [0.717, 1.165) is 30.2 Å². The quantitative estimate of drug-likeness (QED) is 0.719. The molecule has 3 heterocycles. The summed E-state index contributed by atoms with van der Waals surface area (Å²) in [5.41, 5.74) is 1.57. The van der Waals surface area contributed by atoms with Gasteiger partial charge in [0.2, 0.25) is 5.76 Å². The molecule has 6 heteroatoms. The van der Waals surface area contributed by atoms with Crippen LogP contribution in [0.25, 0.3) is 11.3 Å². The number of aryl methyl sites for hydroxylation is 1. The Hall–Kier alpha value is -2.86. The van der Waals surface area contributed by atoms with Crippen molar-refractivity contribution in [1.82, 2.24) is 15.4 Å². The van der Waals surface area contributed by atoms with E-state index in [2.05, 4.69) is 15.4 Å². The van der Waals surface area contributed by atoms with E-state index in [4.69, 9.17) is 8.94 Å². The molecular weight excluding hydrogens is 342 g/mol. The van der Waals surface area contributed by atoms with E-state index >= 15 is 0 Å². The maximum absolute atomic E-state index is 12.6. The van der Waals surface area contributed by atoms with Crippen LogP contribution in [-0.4, -0.2) is 35.6 Å². The first-order chi connectivity index (χ1) is 13.2. The van der Waals surface area contributed by atoms with Crippen molar-refractivity contribution in [2.75, 3.05) is 19.6 Å². The molecule has 1 aliphatic rings. The molecule has 1 amide bonds. The molecule has 27 heavy (non-hydrogen) atoms. The molecule has 140 valence electrons. The van der Waals surface area contributed by atoms with Crippen molar-refractivity contribution in [2.45, 2.75) is 25.8 Å². The van der Waals surface area contributed by atoms with Crippen LogP contribution in [0.1, 0.15) is 41.0 Å². The lowest BCUT2D eigenvalue weighted by molar-refractivity contribution is 0.0897. The summed E-state index contributed by atoms with van der Waals surface area (Å²) in [7, 11) is 0. The van der Waals surface area contributed by atoms with Gasteiger partial charge in [-0.3, -0.25) is 9.69 Å². The average Bonchev–Trinajstić information content (AvgIpc) is 3.45. The zero-order valence-electron chi connectivity index (χ0n) is 15.4. The van der Waals surface area contributed by atoms with Crippen molar-refractivity contribution >= 4 is 5.91 Å². The highest BCUT2D eigenvalue weighted by molar-refractivity contribution is 5.92. The van der Waals surface area contributed by atoms with Crippen molar-refractivity contribution in [3.05, 3.63) is 65.8 Å². The third-order valence-electron chi connectivity index (χ3n) is 4.93. The lowest BCUT2D eigenvalue weighted by Crippen LogP contribution is -2.36. The van der Waals surface area contributed by atoms with Crippen LogP contribution in [0.5, 0.6) is 0 Å². The first-order valence-electron chi connectivity index (χ1n) is 9.31. The molecule has 1 aromatic carbocycles. The zero-order chi connectivity index (χ0) is 18.6. The van der Waals surface area contributed by atoms with Crippen LogP contribution in [0.3, 0.4) is 0 Å². The fourth-order valence-corrected chi connectivity index (χ4v) is 3.50. The van der Waals surface area contributed by atoms with Gasteiger partial charge in [-0.25, -0.2) is 0 Å². The van der Waals surface area contributed by atoms with Crippen molar-refractivity contribution in [1.29, 1.82) is 0 Å². The van der Waals surface area contributed by atoms with E-state index in [0.29, 0.717) is 12.2 Å². The normalized spacial score (nSPS) is 15.7. The number of carbonyl (C=O) groups excluding carboxylic acids is 1. The van der Waals surface area contributed by atoms with Gasteiger partial charge in [0.15, 0.2) is 0 Å². The van der Waals surface area contributed by atoms with Gasteiger partial charge in [-0.15, -0.1) is 0 Å². The minimum atomic E-state index is -0.267. The van der Waals surface area contributed by atoms with Crippen LogP contribution in [0.15, 0.2) is 57.5 Å². The van der Waals surface area contributed by atoms with Crippen LogP contribution in [0, 0.1) is 6.92 Å². The lowest BCUT2D eigenvalue weighted by atomic mass is 10.1. The van der Waals surface area contributed by atoms with Crippen molar-refractivity contribution in [2.24, 2.45) is 0 Å². The maximum atomic E-state index is 12.6. The van der Waals surface area contributed by atoms with Gasteiger partial charge >= 0.3 is 0 Å². The number of hydrogen-bond donors (Lipinski definition) is 1. The van der Waals surface area contributed by atoms with Gasteiger partial charge < -0.3 is 14.3 Å². The number of aromatic nitrogens is 1. The minimum absolute atomic E-state index is 0.0293. The predicted molar refractivity (Wildman–Crippen MR) is 101 cm³/mol. The number of rotatable bonds is 6. The third-order valence-corrected chi connectivity index (χ3v) is 4.93. The highest BCUT2D eigenvalue weighted by atomic mass is 16.5. The number of hydrogen-bond acceptors (Lipinski definition) is 5. The Morgan fingerprint density at radius 1 is 1.19 bits per heavy atom. The molecule has 2 aromatic heterocycles. The summed E-state index contributed by atoms with van der Waals surface area (Å²) in [6, 6.07) is 15.3. The largest absolute Gasteiger partial charge is 0.465 e. The summed E-state index contributed by atoms with van der Waals surface area (Å²) in [6.07, 6.45) is 2.35. The Labute approximate surface area is 158 Å². The maximum Gasteiger partial charge on any atom is 0.289 e. The molecule has 3 aromatic rings. The van der Waals surface area contributed by atoms with E-state index < -0.39 is 0 Å². The SMILES string of the molecule is Cc1ccc(C(CNC(=O)c2cc(-c3ccccc3)no2)N2CCCC2)o1. The molecule has 0 bridgehead atoms. The summed E-state index contributed by atoms with van der Waals surface area (Å²) in [6.45, 7) is 4.43.